The molecule has 0 spiro atoms. The zero-order valence-corrected chi connectivity index (χ0v) is 14.3. The molecule has 0 saturated carbocycles. The lowest BCUT2D eigenvalue weighted by atomic mass is 10.1. The van der Waals surface area contributed by atoms with Crippen LogP contribution in [0.5, 0.6) is 5.75 Å². The summed E-state index contributed by atoms with van der Waals surface area (Å²) in [7, 11) is 0. The molecule has 0 bridgehead atoms. The van der Waals surface area contributed by atoms with Gasteiger partial charge in [0.1, 0.15) is 11.6 Å². The lowest BCUT2D eigenvalue weighted by molar-refractivity contribution is -0.123. The molecule has 3 nitrogen and oxygen atoms in total. The number of rotatable bonds is 5. The molecule has 0 fully saturated rings. The molecule has 122 valence electrons. The first kappa shape index (κ1) is 16.5. The molecule has 3 aromatic carbocycles. The highest BCUT2D eigenvalue weighted by molar-refractivity contribution is 9.10. The number of carbonyl (C=O) groups excluding carboxylic acids is 1. The summed E-state index contributed by atoms with van der Waals surface area (Å²) in [5.74, 6) is -0.0144. The summed E-state index contributed by atoms with van der Waals surface area (Å²) >= 11 is 3.43. The van der Waals surface area contributed by atoms with Gasteiger partial charge in [-0.1, -0.05) is 46.3 Å². The molecule has 5 heteroatoms. The van der Waals surface area contributed by atoms with Gasteiger partial charge < -0.3 is 10.1 Å². The minimum atomic E-state index is -0.334. The van der Waals surface area contributed by atoms with Gasteiger partial charge in [0.05, 0.1) is 0 Å². The van der Waals surface area contributed by atoms with Gasteiger partial charge in [0, 0.05) is 16.6 Å². The average Bonchev–Trinajstić information content (AvgIpc) is 2.59. The number of nitrogens with one attached hydrogen (secondary N) is 1. The normalized spacial score (nSPS) is 10.6. The predicted molar refractivity (Wildman–Crippen MR) is 95.4 cm³/mol. The average molecular weight is 388 g/mol. The largest absolute Gasteiger partial charge is 0.484 e. The summed E-state index contributed by atoms with van der Waals surface area (Å²) < 4.78 is 20.0. The van der Waals surface area contributed by atoms with Gasteiger partial charge >= 0.3 is 0 Å². The Morgan fingerprint density at radius 3 is 2.62 bits per heavy atom. The standard InChI is InChI=1S/C19H15BrFNO2/c20-16-7-5-14-10-17(8-6-13(14)9-16)24-12-19(23)22-11-15-3-1-2-4-18(15)21/h1-10H,11-12H2,(H,22,23). The molecule has 1 amide bonds. The molecule has 0 aliphatic heterocycles. The second-order valence-electron chi connectivity index (χ2n) is 5.31. The molecular weight excluding hydrogens is 373 g/mol. The summed E-state index contributed by atoms with van der Waals surface area (Å²) in [6.07, 6.45) is 0. The molecular formula is C19H15BrFNO2. The number of amides is 1. The van der Waals surface area contributed by atoms with Gasteiger partial charge in [-0.2, -0.15) is 0 Å². The third-order valence-corrected chi connectivity index (χ3v) is 4.07. The van der Waals surface area contributed by atoms with Gasteiger partial charge in [-0.25, -0.2) is 4.39 Å². The fourth-order valence-corrected chi connectivity index (χ4v) is 2.70. The van der Waals surface area contributed by atoms with E-state index in [1.165, 1.54) is 6.07 Å². The molecule has 0 radical (unpaired) electrons. The summed E-state index contributed by atoms with van der Waals surface area (Å²) in [6.45, 7) is 0.0249. The molecule has 0 heterocycles. The van der Waals surface area contributed by atoms with Crippen LogP contribution >= 0.6 is 15.9 Å². The quantitative estimate of drug-likeness (QED) is 0.702. The van der Waals surface area contributed by atoms with Crippen molar-refractivity contribution < 1.29 is 13.9 Å². The van der Waals surface area contributed by atoms with Crippen molar-refractivity contribution in [3.05, 3.63) is 76.5 Å². The molecule has 0 saturated heterocycles. The number of benzene rings is 3. The van der Waals surface area contributed by atoms with E-state index in [2.05, 4.69) is 21.2 Å². The van der Waals surface area contributed by atoms with Gasteiger partial charge in [-0.15, -0.1) is 0 Å². The number of hydrogen-bond donors (Lipinski definition) is 1. The number of fused-ring (bicyclic) bond motifs is 1. The lowest BCUT2D eigenvalue weighted by Gasteiger charge is -2.09. The highest BCUT2D eigenvalue weighted by Gasteiger charge is 2.06. The summed E-state index contributed by atoms with van der Waals surface area (Å²) in [5, 5.41) is 4.76. The van der Waals surface area contributed by atoms with E-state index >= 15 is 0 Å². The van der Waals surface area contributed by atoms with Crippen LogP contribution in [-0.2, 0) is 11.3 Å². The maximum atomic E-state index is 13.5. The van der Waals surface area contributed by atoms with Gasteiger partial charge in [0.15, 0.2) is 6.61 Å². The van der Waals surface area contributed by atoms with Crippen molar-refractivity contribution in [3.8, 4) is 5.75 Å². The Labute approximate surface area is 147 Å². The van der Waals surface area contributed by atoms with Crippen molar-refractivity contribution >= 4 is 32.6 Å². The van der Waals surface area contributed by atoms with Crippen LogP contribution in [0.1, 0.15) is 5.56 Å². The highest BCUT2D eigenvalue weighted by Crippen LogP contribution is 2.24. The van der Waals surface area contributed by atoms with Gasteiger partial charge in [0.25, 0.3) is 5.91 Å². The fraction of sp³-hybridized carbons (Fsp3) is 0.105. The van der Waals surface area contributed by atoms with Gasteiger partial charge in [-0.05, 0) is 41.1 Å². The van der Waals surface area contributed by atoms with Crippen LogP contribution in [0, 0.1) is 5.82 Å². The zero-order chi connectivity index (χ0) is 16.9. The fourth-order valence-electron chi connectivity index (χ4n) is 2.32. The van der Waals surface area contributed by atoms with Crippen LogP contribution in [-0.4, -0.2) is 12.5 Å². The lowest BCUT2D eigenvalue weighted by Crippen LogP contribution is -2.28. The van der Waals surface area contributed by atoms with Crippen LogP contribution in [0.4, 0.5) is 4.39 Å². The SMILES string of the molecule is O=C(COc1ccc2cc(Br)ccc2c1)NCc1ccccc1F. The topological polar surface area (TPSA) is 38.3 Å². The first-order valence-electron chi connectivity index (χ1n) is 7.44. The molecule has 3 rings (SSSR count). The third kappa shape index (κ3) is 4.11. The Bertz CT molecular complexity index is 882. The maximum absolute atomic E-state index is 13.5. The number of carbonyl (C=O) groups is 1. The molecule has 3 aromatic rings. The van der Waals surface area contributed by atoms with E-state index in [-0.39, 0.29) is 24.9 Å². The first-order chi connectivity index (χ1) is 11.6. The second-order valence-corrected chi connectivity index (χ2v) is 6.23. The van der Waals surface area contributed by atoms with Crippen LogP contribution in [0.3, 0.4) is 0 Å². The van der Waals surface area contributed by atoms with Crippen molar-refractivity contribution in [1.29, 1.82) is 0 Å². The number of halogens is 2. The van der Waals surface area contributed by atoms with E-state index in [4.69, 9.17) is 4.74 Å². The smallest absolute Gasteiger partial charge is 0.258 e. The van der Waals surface area contributed by atoms with Crippen molar-refractivity contribution in [3.63, 3.8) is 0 Å². The number of hydrogen-bond acceptors (Lipinski definition) is 2. The van der Waals surface area contributed by atoms with E-state index in [0.717, 1.165) is 15.2 Å². The minimum absolute atomic E-state index is 0.115. The van der Waals surface area contributed by atoms with Gasteiger partial charge in [-0.3, -0.25) is 4.79 Å². The summed E-state index contributed by atoms with van der Waals surface area (Å²) in [4.78, 5) is 11.8. The molecule has 0 aliphatic rings. The van der Waals surface area contributed by atoms with E-state index in [9.17, 15) is 9.18 Å². The summed E-state index contributed by atoms with van der Waals surface area (Å²) in [6, 6.07) is 17.9. The zero-order valence-electron chi connectivity index (χ0n) is 12.8. The van der Waals surface area contributed by atoms with Crippen molar-refractivity contribution in [2.24, 2.45) is 0 Å². The number of ether oxygens (including phenoxy) is 1. The highest BCUT2D eigenvalue weighted by atomic mass is 79.9. The molecule has 24 heavy (non-hydrogen) atoms. The Morgan fingerprint density at radius 2 is 1.79 bits per heavy atom. The molecule has 0 unspecified atom stereocenters. The van der Waals surface area contributed by atoms with Gasteiger partial charge in [0.2, 0.25) is 0 Å². The van der Waals surface area contributed by atoms with E-state index in [1.807, 2.05) is 36.4 Å². The first-order valence-corrected chi connectivity index (χ1v) is 8.23. The van der Waals surface area contributed by atoms with Crippen LogP contribution in [0.2, 0.25) is 0 Å². The van der Waals surface area contributed by atoms with E-state index < -0.39 is 0 Å². The maximum Gasteiger partial charge on any atom is 0.258 e. The van der Waals surface area contributed by atoms with Crippen molar-refractivity contribution in [1.82, 2.24) is 5.32 Å². The Balaban J connectivity index is 1.56. The van der Waals surface area contributed by atoms with Crippen LogP contribution in [0.25, 0.3) is 10.8 Å². The van der Waals surface area contributed by atoms with Crippen molar-refractivity contribution in [2.45, 2.75) is 6.54 Å². The molecule has 0 aromatic heterocycles. The van der Waals surface area contributed by atoms with E-state index in [1.54, 1.807) is 18.2 Å². The Kier molecular flexibility index (Phi) is 5.11. The molecule has 0 atom stereocenters. The summed E-state index contributed by atoms with van der Waals surface area (Å²) in [5.41, 5.74) is 0.446. The molecule has 1 N–H and O–H groups in total. The Morgan fingerprint density at radius 1 is 1.04 bits per heavy atom. The van der Waals surface area contributed by atoms with Crippen molar-refractivity contribution in [2.75, 3.05) is 6.61 Å². The third-order valence-electron chi connectivity index (χ3n) is 3.58. The molecule has 0 aliphatic carbocycles. The Hall–Kier alpha value is -2.40. The monoisotopic (exact) mass is 387 g/mol. The second kappa shape index (κ2) is 7.45. The van der Waals surface area contributed by atoms with Crippen LogP contribution in [0.15, 0.2) is 65.1 Å². The van der Waals surface area contributed by atoms with Crippen LogP contribution < -0.4 is 10.1 Å². The predicted octanol–water partition coefficient (Wildman–Crippen LogP) is 4.44. The minimum Gasteiger partial charge on any atom is -0.484 e. The van der Waals surface area contributed by atoms with E-state index in [0.29, 0.717) is 11.3 Å².